The molecular formula is C24H30O6. The second kappa shape index (κ2) is 14.4. The van der Waals surface area contributed by atoms with E-state index in [4.69, 9.17) is 19.3 Å². The number of unbranched alkanes of at least 4 members (excludes halogenated alkanes) is 5. The van der Waals surface area contributed by atoms with Crippen molar-refractivity contribution < 1.29 is 28.9 Å². The van der Waals surface area contributed by atoms with E-state index in [2.05, 4.69) is 11.8 Å². The Kier molecular flexibility index (Phi) is 11.3. The molecule has 0 aliphatic carbocycles. The predicted octanol–water partition coefficient (Wildman–Crippen LogP) is 4.35. The molecule has 162 valence electrons. The Morgan fingerprint density at radius 1 is 1.10 bits per heavy atom. The summed E-state index contributed by atoms with van der Waals surface area (Å²) in [5.74, 6) is 4.96. The molecule has 1 aromatic carbocycles. The lowest BCUT2D eigenvalue weighted by Crippen LogP contribution is -2.23. The molecule has 1 atom stereocenters. The number of allylic oxidation sites excluding steroid dienone is 1. The van der Waals surface area contributed by atoms with Crippen molar-refractivity contribution in [3.63, 3.8) is 0 Å². The molecule has 0 spiro atoms. The van der Waals surface area contributed by atoms with Crippen LogP contribution in [-0.2, 0) is 19.0 Å². The Balaban J connectivity index is 1.73. The molecule has 1 fully saturated rings. The molecule has 1 aliphatic rings. The van der Waals surface area contributed by atoms with Gasteiger partial charge in [-0.1, -0.05) is 49.3 Å². The topological polar surface area (TPSA) is 82.1 Å². The van der Waals surface area contributed by atoms with Gasteiger partial charge in [-0.15, -0.1) is 0 Å². The van der Waals surface area contributed by atoms with E-state index in [1.165, 1.54) is 0 Å². The van der Waals surface area contributed by atoms with Gasteiger partial charge in [-0.2, -0.15) is 0 Å². The largest absolute Gasteiger partial charge is 0.481 e. The average molecular weight is 414 g/mol. The first kappa shape index (κ1) is 23.7. The van der Waals surface area contributed by atoms with Crippen molar-refractivity contribution in [1.82, 2.24) is 0 Å². The maximum absolute atomic E-state index is 12.3. The van der Waals surface area contributed by atoms with Crippen LogP contribution >= 0.6 is 0 Å². The summed E-state index contributed by atoms with van der Waals surface area (Å²) < 4.78 is 16.5. The predicted molar refractivity (Wildman–Crippen MR) is 113 cm³/mol. The third-order valence-corrected chi connectivity index (χ3v) is 4.57. The van der Waals surface area contributed by atoms with Crippen molar-refractivity contribution in [2.45, 2.75) is 63.8 Å². The lowest BCUT2D eigenvalue weighted by atomic mass is 10.1. The molecular weight excluding hydrogens is 384 g/mol. The van der Waals surface area contributed by atoms with Gasteiger partial charge in [0.1, 0.15) is 6.10 Å². The fourth-order valence-electron chi connectivity index (χ4n) is 2.99. The Morgan fingerprint density at radius 2 is 1.80 bits per heavy atom. The van der Waals surface area contributed by atoms with Crippen LogP contribution < -0.4 is 0 Å². The van der Waals surface area contributed by atoms with E-state index >= 15 is 0 Å². The van der Waals surface area contributed by atoms with Gasteiger partial charge in [0.15, 0.2) is 6.29 Å². The summed E-state index contributed by atoms with van der Waals surface area (Å²) >= 11 is 0. The van der Waals surface area contributed by atoms with Crippen LogP contribution in [0.15, 0.2) is 42.5 Å². The van der Waals surface area contributed by atoms with Crippen LogP contribution in [0.25, 0.3) is 0 Å². The quantitative estimate of drug-likeness (QED) is 0.311. The summed E-state index contributed by atoms with van der Waals surface area (Å²) in [6.07, 6.45) is 8.83. The molecule has 0 radical (unpaired) electrons. The third kappa shape index (κ3) is 10.2. The number of carboxylic acid groups (broad SMARTS) is 1. The smallest absolute Gasteiger partial charge is 0.338 e. The number of carbonyl (C=O) groups is 2. The van der Waals surface area contributed by atoms with E-state index < -0.39 is 12.1 Å². The fourth-order valence-corrected chi connectivity index (χ4v) is 2.99. The lowest BCUT2D eigenvalue weighted by molar-refractivity contribution is -0.137. The van der Waals surface area contributed by atoms with E-state index in [0.717, 1.165) is 38.5 Å². The first-order valence-corrected chi connectivity index (χ1v) is 10.5. The Morgan fingerprint density at radius 3 is 2.53 bits per heavy atom. The number of carboxylic acids is 1. The standard InChI is InChI=1S/C24H30O6/c25-22(26)16-12-7-5-3-1-2-4-6-11-15-21(19-23-28-17-18-29-23)30-24(27)20-13-9-8-10-14-20/h8-11,13-15,21,23H,1-3,5,7,12,16-19H2,(H,25,26)/b15-11+. The van der Waals surface area contributed by atoms with Crippen molar-refractivity contribution >= 4 is 11.9 Å². The summed E-state index contributed by atoms with van der Waals surface area (Å²) in [6.45, 7) is 1.09. The number of esters is 1. The minimum atomic E-state index is -0.730. The normalized spacial score (nSPS) is 14.9. The molecule has 1 N–H and O–H groups in total. The molecule has 6 nitrogen and oxygen atoms in total. The molecule has 30 heavy (non-hydrogen) atoms. The van der Waals surface area contributed by atoms with Crippen molar-refractivity contribution in [3.05, 3.63) is 48.0 Å². The molecule has 1 aliphatic heterocycles. The number of benzene rings is 1. The highest BCUT2D eigenvalue weighted by atomic mass is 16.7. The van der Waals surface area contributed by atoms with Gasteiger partial charge in [-0.05, 0) is 37.1 Å². The van der Waals surface area contributed by atoms with E-state index in [-0.39, 0.29) is 18.7 Å². The highest BCUT2D eigenvalue weighted by molar-refractivity contribution is 5.89. The molecule has 2 rings (SSSR count). The van der Waals surface area contributed by atoms with Crippen molar-refractivity contribution in [2.24, 2.45) is 0 Å². The number of hydrogen-bond donors (Lipinski definition) is 1. The number of rotatable bonds is 12. The number of aliphatic carboxylic acids is 1. The van der Waals surface area contributed by atoms with Gasteiger partial charge in [-0.3, -0.25) is 4.79 Å². The molecule has 0 saturated carbocycles. The van der Waals surface area contributed by atoms with Crippen LogP contribution in [-0.4, -0.2) is 42.7 Å². The zero-order valence-electron chi connectivity index (χ0n) is 17.3. The first-order valence-electron chi connectivity index (χ1n) is 10.5. The molecule has 0 amide bonds. The summed E-state index contributed by atoms with van der Waals surface area (Å²) in [5, 5.41) is 8.60. The molecule has 0 aromatic heterocycles. The molecule has 6 heteroatoms. The summed E-state index contributed by atoms with van der Waals surface area (Å²) in [4.78, 5) is 22.8. The number of carbonyl (C=O) groups excluding carboxylic acids is 1. The summed E-state index contributed by atoms with van der Waals surface area (Å²) in [5.41, 5.74) is 0.499. The average Bonchev–Trinajstić information content (AvgIpc) is 3.25. The van der Waals surface area contributed by atoms with Gasteiger partial charge in [-0.25, -0.2) is 4.79 Å². The number of hydrogen-bond acceptors (Lipinski definition) is 5. The van der Waals surface area contributed by atoms with Gasteiger partial charge < -0.3 is 19.3 Å². The van der Waals surface area contributed by atoms with Crippen LogP contribution in [0, 0.1) is 11.8 Å². The van der Waals surface area contributed by atoms with Gasteiger partial charge in [0.05, 0.1) is 18.8 Å². The fraction of sp³-hybridized carbons (Fsp3) is 0.500. The highest BCUT2D eigenvalue weighted by Gasteiger charge is 2.23. The Hall–Kier alpha value is -2.62. The second-order valence-corrected chi connectivity index (χ2v) is 7.06. The maximum Gasteiger partial charge on any atom is 0.338 e. The Labute approximate surface area is 178 Å². The highest BCUT2D eigenvalue weighted by Crippen LogP contribution is 2.15. The third-order valence-electron chi connectivity index (χ3n) is 4.57. The molecule has 1 unspecified atom stereocenters. The monoisotopic (exact) mass is 414 g/mol. The van der Waals surface area contributed by atoms with Crippen molar-refractivity contribution in [3.8, 4) is 11.8 Å². The zero-order valence-corrected chi connectivity index (χ0v) is 17.3. The molecule has 1 aromatic rings. The first-order chi connectivity index (χ1) is 14.6. The van der Waals surface area contributed by atoms with Gasteiger partial charge >= 0.3 is 11.9 Å². The van der Waals surface area contributed by atoms with Gasteiger partial charge in [0, 0.05) is 19.3 Å². The van der Waals surface area contributed by atoms with Crippen LogP contribution in [0.2, 0.25) is 0 Å². The molecule has 1 heterocycles. The van der Waals surface area contributed by atoms with E-state index in [0.29, 0.717) is 25.2 Å². The summed E-state index contributed by atoms with van der Waals surface area (Å²) in [7, 11) is 0. The minimum Gasteiger partial charge on any atom is -0.481 e. The van der Waals surface area contributed by atoms with E-state index in [1.54, 1.807) is 36.4 Å². The van der Waals surface area contributed by atoms with Gasteiger partial charge in [0.2, 0.25) is 0 Å². The Bertz CT molecular complexity index is 725. The van der Waals surface area contributed by atoms with Crippen molar-refractivity contribution in [1.29, 1.82) is 0 Å². The second-order valence-electron chi connectivity index (χ2n) is 7.06. The molecule has 1 saturated heterocycles. The lowest BCUT2D eigenvalue weighted by Gasteiger charge is -2.17. The van der Waals surface area contributed by atoms with Crippen LogP contribution in [0.1, 0.15) is 61.7 Å². The minimum absolute atomic E-state index is 0.248. The SMILES string of the molecule is O=C(O)CCCCCCCC#C/C=C/C(CC1OCCO1)OC(=O)c1ccccc1. The van der Waals surface area contributed by atoms with E-state index in [9.17, 15) is 9.59 Å². The van der Waals surface area contributed by atoms with Crippen LogP contribution in [0.5, 0.6) is 0 Å². The maximum atomic E-state index is 12.3. The van der Waals surface area contributed by atoms with Gasteiger partial charge in [0.25, 0.3) is 0 Å². The van der Waals surface area contributed by atoms with Crippen LogP contribution in [0.3, 0.4) is 0 Å². The van der Waals surface area contributed by atoms with Crippen molar-refractivity contribution in [2.75, 3.05) is 13.2 Å². The molecule has 0 bridgehead atoms. The summed E-state index contributed by atoms with van der Waals surface area (Å²) in [6, 6.07) is 8.87. The van der Waals surface area contributed by atoms with Crippen LogP contribution in [0.4, 0.5) is 0 Å². The number of ether oxygens (including phenoxy) is 3. The van der Waals surface area contributed by atoms with E-state index in [1.807, 2.05) is 6.07 Å². The zero-order chi connectivity index (χ0) is 21.4.